The van der Waals surface area contributed by atoms with Gasteiger partial charge in [0.15, 0.2) is 0 Å². The molecule has 9 heteroatoms. The maximum Gasteiger partial charge on any atom is 0.227 e. The van der Waals surface area contributed by atoms with Crippen molar-refractivity contribution in [3.8, 4) is 11.3 Å². The SMILES string of the molecule is Nc1ncc(-c2cc(N3C[C@@H]4C[C@H]3CO4)nc(N3CCC4(CC3)CC(N)C4)n2)cn1. The lowest BCUT2D eigenvalue weighted by Crippen LogP contribution is -2.52. The molecule has 4 aliphatic rings. The fraction of sp³-hybridized carbons (Fsp3) is 0.619. The van der Waals surface area contributed by atoms with Crippen LogP contribution >= 0.6 is 0 Å². The molecule has 2 aromatic heterocycles. The normalized spacial score (nSPS) is 27.6. The molecule has 0 unspecified atom stereocenters. The second-order valence-electron chi connectivity index (χ2n) is 9.39. The Hall–Kier alpha value is -2.52. The van der Waals surface area contributed by atoms with Gasteiger partial charge in [-0.05, 0) is 37.5 Å². The third-order valence-electron chi connectivity index (χ3n) is 7.36. The van der Waals surface area contributed by atoms with Gasteiger partial charge in [-0.2, -0.15) is 4.98 Å². The van der Waals surface area contributed by atoms with Crippen molar-refractivity contribution in [2.45, 2.75) is 50.3 Å². The number of fused-ring (bicyclic) bond motifs is 2. The maximum absolute atomic E-state index is 6.07. The van der Waals surface area contributed by atoms with E-state index in [-0.39, 0.29) is 5.95 Å². The van der Waals surface area contributed by atoms with Crippen LogP contribution in [0.5, 0.6) is 0 Å². The first-order chi connectivity index (χ1) is 14.6. The first kappa shape index (κ1) is 18.3. The molecule has 1 aliphatic carbocycles. The van der Waals surface area contributed by atoms with E-state index >= 15 is 0 Å². The van der Waals surface area contributed by atoms with Crippen LogP contribution in [-0.4, -0.2) is 64.4 Å². The fourth-order valence-corrected chi connectivity index (χ4v) is 5.65. The van der Waals surface area contributed by atoms with Gasteiger partial charge in [-0.3, -0.25) is 0 Å². The summed E-state index contributed by atoms with van der Waals surface area (Å²) in [6.45, 7) is 3.61. The summed E-state index contributed by atoms with van der Waals surface area (Å²) in [6, 6.07) is 2.84. The van der Waals surface area contributed by atoms with Crippen LogP contribution in [0.25, 0.3) is 11.3 Å². The molecular formula is C21H28N8O. The number of nitrogen functional groups attached to an aromatic ring is 1. The van der Waals surface area contributed by atoms with Gasteiger partial charge in [-0.25, -0.2) is 15.0 Å². The number of hydrogen-bond donors (Lipinski definition) is 2. The molecule has 0 amide bonds. The highest BCUT2D eigenvalue weighted by Gasteiger charge is 2.45. The summed E-state index contributed by atoms with van der Waals surface area (Å²) in [5.74, 6) is 2.03. The first-order valence-electron chi connectivity index (χ1n) is 10.9. The molecule has 3 aliphatic heterocycles. The highest BCUT2D eigenvalue weighted by Crippen LogP contribution is 2.48. The second-order valence-corrected chi connectivity index (χ2v) is 9.39. The van der Waals surface area contributed by atoms with Gasteiger partial charge >= 0.3 is 0 Å². The van der Waals surface area contributed by atoms with E-state index in [0.717, 1.165) is 81.4 Å². The summed E-state index contributed by atoms with van der Waals surface area (Å²) in [6.07, 6.45) is 9.50. The van der Waals surface area contributed by atoms with Crippen LogP contribution in [0.15, 0.2) is 18.5 Å². The van der Waals surface area contributed by atoms with E-state index < -0.39 is 0 Å². The molecular weight excluding hydrogens is 380 g/mol. The smallest absolute Gasteiger partial charge is 0.227 e. The Kier molecular flexibility index (Phi) is 4.11. The Morgan fingerprint density at radius 3 is 2.50 bits per heavy atom. The Balaban J connectivity index is 1.32. The van der Waals surface area contributed by atoms with Crippen molar-refractivity contribution in [3.05, 3.63) is 18.5 Å². The van der Waals surface area contributed by atoms with E-state index in [4.69, 9.17) is 26.2 Å². The number of hydrogen-bond acceptors (Lipinski definition) is 9. The van der Waals surface area contributed by atoms with Crippen LogP contribution in [0.3, 0.4) is 0 Å². The number of nitrogens with zero attached hydrogens (tertiary/aromatic N) is 6. The van der Waals surface area contributed by atoms with Crippen LogP contribution < -0.4 is 21.3 Å². The second kappa shape index (κ2) is 6.75. The summed E-state index contributed by atoms with van der Waals surface area (Å²) in [5, 5.41) is 0. The van der Waals surface area contributed by atoms with E-state index in [1.807, 2.05) is 0 Å². The Morgan fingerprint density at radius 2 is 1.87 bits per heavy atom. The molecule has 5 heterocycles. The minimum Gasteiger partial charge on any atom is -0.374 e. The van der Waals surface area contributed by atoms with Gasteiger partial charge in [-0.15, -0.1) is 0 Å². The third-order valence-corrected chi connectivity index (χ3v) is 7.36. The molecule has 30 heavy (non-hydrogen) atoms. The van der Waals surface area contributed by atoms with Gasteiger partial charge in [0.2, 0.25) is 11.9 Å². The molecule has 158 valence electrons. The number of ether oxygens (including phenoxy) is 1. The number of nitrogens with two attached hydrogens (primary N) is 2. The van der Waals surface area contributed by atoms with E-state index in [0.29, 0.717) is 23.6 Å². The van der Waals surface area contributed by atoms with Crippen molar-refractivity contribution in [1.82, 2.24) is 19.9 Å². The van der Waals surface area contributed by atoms with Crippen molar-refractivity contribution in [2.75, 3.05) is 41.8 Å². The molecule has 3 saturated heterocycles. The number of rotatable bonds is 3. The molecule has 2 bridgehead atoms. The number of piperidine rings is 1. The Bertz CT molecular complexity index is 935. The molecule has 0 aromatic carbocycles. The summed E-state index contributed by atoms with van der Waals surface area (Å²) in [7, 11) is 0. The monoisotopic (exact) mass is 408 g/mol. The van der Waals surface area contributed by atoms with Gasteiger partial charge in [-0.1, -0.05) is 0 Å². The molecule has 2 atom stereocenters. The zero-order valence-electron chi connectivity index (χ0n) is 17.1. The number of morpholine rings is 1. The molecule has 9 nitrogen and oxygen atoms in total. The van der Waals surface area contributed by atoms with Gasteiger partial charge in [0.1, 0.15) is 5.82 Å². The highest BCUT2D eigenvalue weighted by molar-refractivity contribution is 5.64. The molecule has 0 radical (unpaired) electrons. The van der Waals surface area contributed by atoms with Crippen molar-refractivity contribution in [2.24, 2.45) is 11.1 Å². The average Bonchev–Trinajstić information content (AvgIpc) is 3.37. The predicted molar refractivity (Wildman–Crippen MR) is 114 cm³/mol. The third kappa shape index (κ3) is 3.07. The van der Waals surface area contributed by atoms with Crippen molar-refractivity contribution < 1.29 is 4.74 Å². The van der Waals surface area contributed by atoms with Crippen molar-refractivity contribution >= 4 is 17.7 Å². The van der Waals surface area contributed by atoms with E-state index in [9.17, 15) is 0 Å². The molecule has 6 rings (SSSR count). The molecule has 1 saturated carbocycles. The van der Waals surface area contributed by atoms with Crippen LogP contribution in [0.2, 0.25) is 0 Å². The average molecular weight is 409 g/mol. The minimum absolute atomic E-state index is 0.266. The Morgan fingerprint density at radius 1 is 1.10 bits per heavy atom. The summed E-state index contributed by atoms with van der Waals surface area (Å²) in [5.41, 5.74) is 13.9. The standard InChI is InChI=1S/C21H28N8O/c22-14-7-21(8-14)1-3-28(4-2-21)20-26-17(13-9-24-19(23)25-10-13)6-18(27-20)29-11-16-5-15(29)12-30-16/h6,9-10,14-16H,1-5,7-8,11-12,22H2,(H2,23,24,25)/t15-,16-/m0/s1. The number of anilines is 3. The molecule has 4 N–H and O–H groups in total. The van der Waals surface area contributed by atoms with Gasteiger partial charge in [0.25, 0.3) is 0 Å². The van der Waals surface area contributed by atoms with E-state index in [2.05, 4.69) is 25.8 Å². The van der Waals surface area contributed by atoms with Crippen LogP contribution in [0.1, 0.15) is 32.1 Å². The van der Waals surface area contributed by atoms with Gasteiger partial charge < -0.3 is 26.0 Å². The van der Waals surface area contributed by atoms with Crippen molar-refractivity contribution in [3.63, 3.8) is 0 Å². The number of aromatic nitrogens is 4. The largest absolute Gasteiger partial charge is 0.374 e. The minimum atomic E-state index is 0.266. The first-order valence-corrected chi connectivity index (χ1v) is 10.9. The summed E-state index contributed by atoms with van der Waals surface area (Å²) in [4.78, 5) is 22.9. The van der Waals surface area contributed by atoms with E-state index in [1.165, 1.54) is 0 Å². The van der Waals surface area contributed by atoms with Crippen molar-refractivity contribution in [1.29, 1.82) is 0 Å². The summed E-state index contributed by atoms with van der Waals surface area (Å²) >= 11 is 0. The predicted octanol–water partition coefficient (Wildman–Crippen LogP) is 1.20. The lowest BCUT2D eigenvalue weighted by atomic mass is 9.61. The fourth-order valence-electron chi connectivity index (χ4n) is 5.65. The lowest BCUT2D eigenvalue weighted by molar-refractivity contribution is 0.0709. The van der Waals surface area contributed by atoms with E-state index in [1.54, 1.807) is 12.4 Å². The Labute approximate surface area is 175 Å². The summed E-state index contributed by atoms with van der Waals surface area (Å²) < 4.78 is 5.79. The highest BCUT2D eigenvalue weighted by atomic mass is 16.5. The topological polar surface area (TPSA) is 119 Å². The van der Waals surface area contributed by atoms with Gasteiger partial charge in [0.05, 0.1) is 24.4 Å². The van der Waals surface area contributed by atoms with Crippen LogP contribution in [-0.2, 0) is 4.74 Å². The zero-order chi connectivity index (χ0) is 20.3. The molecule has 2 aromatic rings. The lowest BCUT2D eigenvalue weighted by Gasteiger charge is -2.51. The maximum atomic E-state index is 6.07. The zero-order valence-corrected chi connectivity index (χ0v) is 17.1. The quantitative estimate of drug-likeness (QED) is 0.772. The van der Waals surface area contributed by atoms with Gasteiger partial charge in [0, 0.05) is 49.7 Å². The van der Waals surface area contributed by atoms with Crippen LogP contribution in [0, 0.1) is 5.41 Å². The molecule has 4 fully saturated rings. The molecule has 1 spiro atoms. The van der Waals surface area contributed by atoms with Crippen LogP contribution in [0.4, 0.5) is 17.7 Å².